The summed E-state index contributed by atoms with van der Waals surface area (Å²) in [5.41, 5.74) is 0.0892. The Kier molecular flexibility index (Phi) is 6.55. The van der Waals surface area contributed by atoms with Crippen LogP contribution in [0.1, 0.15) is 42.6 Å². The largest absolute Gasteiger partial charge is 0.465 e. The van der Waals surface area contributed by atoms with Crippen LogP contribution < -0.4 is 5.32 Å². The summed E-state index contributed by atoms with van der Waals surface area (Å²) in [6.07, 6.45) is 1.26. The average Bonchev–Trinajstić information content (AvgIpc) is 2.44. The number of carbonyl (C=O) groups excluding carboxylic acids is 2. The zero-order chi connectivity index (χ0) is 16.8. The minimum Gasteiger partial charge on any atom is -0.465 e. The third-order valence-corrected chi connectivity index (χ3v) is 2.72. The van der Waals surface area contributed by atoms with Crippen molar-refractivity contribution < 1.29 is 19.1 Å². The molecule has 0 fully saturated rings. The molecule has 0 atom stereocenters. The van der Waals surface area contributed by atoms with Crippen LogP contribution in [0.5, 0.6) is 0 Å². The molecule has 7 nitrogen and oxygen atoms in total. The van der Waals surface area contributed by atoms with Gasteiger partial charge in [0, 0.05) is 19.2 Å². The number of halogens is 1. The Morgan fingerprint density at radius 1 is 1.36 bits per heavy atom. The maximum atomic E-state index is 11.5. The number of nitrogens with one attached hydrogen (secondary N) is 1. The topological polar surface area (TPSA) is 90.4 Å². The fraction of sp³-hybridized carbons (Fsp3) is 0.571. The molecule has 1 aromatic rings. The van der Waals surface area contributed by atoms with Crippen molar-refractivity contribution in [2.45, 2.75) is 38.7 Å². The Labute approximate surface area is 134 Å². The number of amides is 1. The molecule has 122 valence electrons. The number of hydrogen-bond donors (Lipinski definition) is 1. The van der Waals surface area contributed by atoms with Crippen LogP contribution in [0, 0.1) is 0 Å². The summed E-state index contributed by atoms with van der Waals surface area (Å²) >= 11 is 5.77. The second-order valence-corrected chi connectivity index (χ2v) is 5.72. The predicted molar refractivity (Wildman–Crippen MR) is 80.9 cm³/mol. The van der Waals surface area contributed by atoms with Crippen LogP contribution in [0.3, 0.4) is 0 Å². The van der Waals surface area contributed by atoms with Crippen LogP contribution in [0.15, 0.2) is 6.20 Å². The van der Waals surface area contributed by atoms with Gasteiger partial charge in [-0.25, -0.2) is 19.6 Å². The summed E-state index contributed by atoms with van der Waals surface area (Å²) < 4.78 is 9.74. The van der Waals surface area contributed by atoms with Crippen molar-refractivity contribution in [3.8, 4) is 0 Å². The fourth-order valence-electron chi connectivity index (χ4n) is 1.55. The molecule has 1 heterocycles. The van der Waals surface area contributed by atoms with E-state index < -0.39 is 17.7 Å². The number of alkyl halides is 1. The van der Waals surface area contributed by atoms with E-state index in [0.717, 1.165) is 0 Å². The van der Waals surface area contributed by atoms with Crippen LogP contribution in [-0.4, -0.2) is 41.3 Å². The number of hydrogen-bond acceptors (Lipinski definition) is 6. The number of nitrogens with zero attached hydrogens (tertiary/aromatic N) is 2. The molecule has 1 aromatic heterocycles. The molecule has 0 aliphatic carbocycles. The van der Waals surface area contributed by atoms with Crippen molar-refractivity contribution in [2.24, 2.45) is 0 Å². The summed E-state index contributed by atoms with van der Waals surface area (Å²) in [6, 6.07) is 0. The van der Waals surface area contributed by atoms with Crippen LogP contribution in [-0.2, 0) is 21.8 Å². The third-order valence-electron chi connectivity index (χ3n) is 2.47. The maximum absolute atomic E-state index is 11.5. The molecule has 0 radical (unpaired) electrons. The molecule has 1 N–H and O–H groups in total. The van der Waals surface area contributed by atoms with Gasteiger partial charge in [0.25, 0.3) is 0 Å². The summed E-state index contributed by atoms with van der Waals surface area (Å²) in [5, 5.41) is 2.61. The van der Waals surface area contributed by atoms with Crippen LogP contribution in [0.4, 0.5) is 4.79 Å². The van der Waals surface area contributed by atoms with E-state index in [1.165, 1.54) is 13.3 Å². The molecule has 0 aliphatic rings. The molecule has 1 rings (SSSR count). The lowest BCUT2D eigenvalue weighted by Crippen LogP contribution is -2.33. The molecule has 0 saturated carbocycles. The number of esters is 1. The Balaban J connectivity index is 2.60. The van der Waals surface area contributed by atoms with E-state index in [1.807, 2.05) is 0 Å². The molecule has 0 spiro atoms. The SMILES string of the molecule is COC(=O)c1cnc(CCNC(=O)OC(C)(C)C)nc1CCl. The van der Waals surface area contributed by atoms with Crippen molar-refractivity contribution in [3.63, 3.8) is 0 Å². The Morgan fingerprint density at radius 3 is 2.59 bits per heavy atom. The molecule has 0 unspecified atom stereocenters. The van der Waals surface area contributed by atoms with Gasteiger partial charge in [-0.15, -0.1) is 11.6 Å². The smallest absolute Gasteiger partial charge is 0.407 e. The Bertz CT molecular complexity index is 543. The van der Waals surface area contributed by atoms with Crippen LogP contribution in [0.25, 0.3) is 0 Å². The molecule has 0 aliphatic heterocycles. The average molecular weight is 330 g/mol. The quantitative estimate of drug-likeness (QED) is 0.657. The van der Waals surface area contributed by atoms with E-state index >= 15 is 0 Å². The second-order valence-electron chi connectivity index (χ2n) is 5.45. The minimum atomic E-state index is -0.547. The highest BCUT2D eigenvalue weighted by atomic mass is 35.5. The van der Waals surface area contributed by atoms with E-state index in [1.54, 1.807) is 20.8 Å². The summed E-state index contributed by atoms with van der Waals surface area (Å²) in [6.45, 7) is 5.67. The number of ether oxygens (including phenoxy) is 2. The lowest BCUT2D eigenvalue weighted by Gasteiger charge is -2.19. The lowest BCUT2D eigenvalue weighted by atomic mass is 10.2. The molecule has 22 heavy (non-hydrogen) atoms. The number of carbonyl (C=O) groups is 2. The minimum absolute atomic E-state index is 0.0689. The molecule has 0 bridgehead atoms. The molecule has 0 aromatic carbocycles. The summed E-state index contributed by atoms with van der Waals surface area (Å²) in [4.78, 5) is 31.3. The van der Waals surface area contributed by atoms with Crippen molar-refractivity contribution >= 4 is 23.7 Å². The van der Waals surface area contributed by atoms with E-state index in [9.17, 15) is 9.59 Å². The first kappa shape index (κ1) is 18.2. The third kappa shape index (κ3) is 5.85. The van der Waals surface area contributed by atoms with Crippen LogP contribution in [0.2, 0.25) is 0 Å². The molecular formula is C14H20ClN3O4. The monoisotopic (exact) mass is 329 g/mol. The Hall–Kier alpha value is -1.89. The highest BCUT2D eigenvalue weighted by molar-refractivity contribution is 6.17. The van der Waals surface area contributed by atoms with E-state index in [0.29, 0.717) is 24.5 Å². The number of rotatable bonds is 5. The van der Waals surface area contributed by atoms with E-state index in [2.05, 4.69) is 20.0 Å². The molecule has 1 amide bonds. The lowest BCUT2D eigenvalue weighted by molar-refractivity contribution is 0.0527. The summed E-state index contributed by atoms with van der Waals surface area (Å²) in [5.74, 6) is 0.00727. The van der Waals surface area contributed by atoms with Gasteiger partial charge in [0.1, 0.15) is 17.0 Å². The highest BCUT2D eigenvalue weighted by Gasteiger charge is 2.16. The van der Waals surface area contributed by atoms with E-state index in [-0.39, 0.29) is 11.4 Å². The van der Waals surface area contributed by atoms with Gasteiger partial charge < -0.3 is 14.8 Å². The van der Waals surface area contributed by atoms with Gasteiger partial charge in [0.05, 0.1) is 18.7 Å². The van der Waals surface area contributed by atoms with Crippen molar-refractivity contribution in [3.05, 3.63) is 23.3 Å². The normalized spacial score (nSPS) is 11.0. The fourth-order valence-corrected chi connectivity index (χ4v) is 1.76. The second kappa shape index (κ2) is 7.93. The maximum Gasteiger partial charge on any atom is 0.407 e. The zero-order valence-corrected chi connectivity index (χ0v) is 13.9. The zero-order valence-electron chi connectivity index (χ0n) is 13.1. The number of alkyl carbamates (subject to hydrolysis) is 1. The number of aromatic nitrogens is 2. The van der Waals surface area contributed by atoms with Gasteiger partial charge in [-0.2, -0.15) is 0 Å². The predicted octanol–water partition coefficient (Wildman–Crippen LogP) is 2.07. The standard InChI is InChI=1S/C14H20ClN3O4/c1-14(2,3)22-13(20)16-6-5-11-17-8-9(12(19)21-4)10(7-15)18-11/h8H,5-7H2,1-4H3,(H,16,20). The van der Waals surface area contributed by atoms with Crippen molar-refractivity contribution in [2.75, 3.05) is 13.7 Å². The van der Waals surface area contributed by atoms with Gasteiger partial charge in [-0.1, -0.05) is 0 Å². The van der Waals surface area contributed by atoms with Gasteiger partial charge in [-0.05, 0) is 20.8 Å². The first-order valence-electron chi connectivity index (χ1n) is 6.72. The van der Waals surface area contributed by atoms with Crippen LogP contribution >= 0.6 is 11.6 Å². The Morgan fingerprint density at radius 2 is 2.05 bits per heavy atom. The van der Waals surface area contributed by atoms with Gasteiger partial charge in [0.15, 0.2) is 0 Å². The van der Waals surface area contributed by atoms with Gasteiger partial charge in [-0.3, -0.25) is 0 Å². The summed E-state index contributed by atoms with van der Waals surface area (Å²) in [7, 11) is 1.28. The van der Waals surface area contributed by atoms with E-state index in [4.69, 9.17) is 16.3 Å². The highest BCUT2D eigenvalue weighted by Crippen LogP contribution is 2.10. The first-order chi connectivity index (χ1) is 10.3. The van der Waals surface area contributed by atoms with Gasteiger partial charge >= 0.3 is 12.1 Å². The first-order valence-corrected chi connectivity index (χ1v) is 7.26. The molecule has 0 saturated heterocycles. The molecule has 8 heteroatoms. The van der Waals surface area contributed by atoms with Crippen molar-refractivity contribution in [1.82, 2.24) is 15.3 Å². The van der Waals surface area contributed by atoms with Gasteiger partial charge in [0.2, 0.25) is 0 Å². The molecular weight excluding hydrogens is 310 g/mol. The number of methoxy groups -OCH3 is 1. The van der Waals surface area contributed by atoms with Crippen molar-refractivity contribution in [1.29, 1.82) is 0 Å².